The Bertz CT molecular complexity index is 417. The first-order chi connectivity index (χ1) is 10.7. The Morgan fingerprint density at radius 3 is 1.95 bits per heavy atom. The molecule has 0 atom stereocenters. The summed E-state index contributed by atoms with van der Waals surface area (Å²) in [6, 6.07) is 6.43. The molecule has 1 aromatic carbocycles. The van der Waals surface area contributed by atoms with Gasteiger partial charge in [0.1, 0.15) is 5.69 Å². The second-order valence-electron chi connectivity index (χ2n) is 6.21. The highest BCUT2D eigenvalue weighted by molar-refractivity contribution is 5.57. The molecule has 1 aromatic rings. The predicted molar refractivity (Wildman–Crippen MR) is 95.7 cm³/mol. The lowest BCUT2D eigenvalue weighted by molar-refractivity contribution is -0.210. The molecule has 0 aliphatic carbocycles. The minimum Gasteiger partial charge on any atom is -0.372 e. The second-order valence-corrected chi connectivity index (χ2v) is 6.21. The van der Waals surface area contributed by atoms with Crippen LogP contribution < -0.4 is 10.4 Å². The first kappa shape index (κ1) is 18.7. The number of hydrogen-bond acceptors (Lipinski definition) is 2. The largest absolute Gasteiger partial charge is 0.372 e. The van der Waals surface area contributed by atoms with Gasteiger partial charge in [-0.2, -0.15) is 5.53 Å². The standard InChI is InChI=1S/C19H33N3/c1-4-6-8-10-14-22(15-11-9-7-5-2)18-12-13-19(21-20)17(3)16-18/h12-13,16,20H,4-11,14-15H2,1-3H3/p+1. The van der Waals surface area contributed by atoms with Gasteiger partial charge in [-0.15, -0.1) is 0 Å². The second kappa shape index (κ2) is 11.2. The lowest BCUT2D eigenvalue weighted by Gasteiger charge is -2.25. The molecule has 2 N–H and O–H groups in total. The van der Waals surface area contributed by atoms with E-state index in [0.29, 0.717) is 0 Å². The van der Waals surface area contributed by atoms with Crippen molar-refractivity contribution in [1.82, 2.24) is 0 Å². The van der Waals surface area contributed by atoms with Gasteiger partial charge in [-0.3, -0.25) is 0 Å². The maximum Gasteiger partial charge on any atom is 0.133 e. The summed E-state index contributed by atoms with van der Waals surface area (Å²) < 4.78 is 0. The van der Waals surface area contributed by atoms with Crippen LogP contribution in [-0.4, -0.2) is 13.1 Å². The Labute approximate surface area is 136 Å². The highest BCUT2D eigenvalue weighted by Crippen LogP contribution is 2.25. The van der Waals surface area contributed by atoms with Gasteiger partial charge >= 0.3 is 0 Å². The van der Waals surface area contributed by atoms with Gasteiger partial charge in [-0.25, -0.2) is 0 Å². The average Bonchev–Trinajstić information content (AvgIpc) is 2.53. The van der Waals surface area contributed by atoms with Crippen molar-refractivity contribution in [3.05, 3.63) is 23.8 Å². The van der Waals surface area contributed by atoms with E-state index in [2.05, 4.69) is 42.9 Å². The molecule has 3 heteroatoms. The lowest BCUT2D eigenvalue weighted by Crippen LogP contribution is -2.26. The number of rotatable bonds is 12. The third-order valence-corrected chi connectivity index (χ3v) is 4.25. The maximum atomic E-state index is 5.42. The molecule has 0 amide bonds. The summed E-state index contributed by atoms with van der Waals surface area (Å²) in [5.41, 5.74) is 8.78. The van der Waals surface area contributed by atoms with Crippen LogP contribution in [0.25, 0.3) is 0 Å². The molecule has 0 bridgehead atoms. The number of nitrogens with zero attached hydrogens (tertiary/aromatic N) is 2. The first-order valence-corrected chi connectivity index (χ1v) is 8.99. The van der Waals surface area contributed by atoms with Gasteiger partial charge in [0.2, 0.25) is 0 Å². The molecule has 1 rings (SSSR count). The molecule has 0 aromatic heterocycles. The van der Waals surface area contributed by atoms with Gasteiger partial charge in [0.25, 0.3) is 0 Å². The molecule has 0 fully saturated rings. The molecule has 0 spiro atoms. The van der Waals surface area contributed by atoms with Crippen molar-refractivity contribution in [1.29, 1.82) is 0 Å². The lowest BCUT2D eigenvalue weighted by atomic mass is 10.1. The normalized spacial score (nSPS) is 10.7. The van der Waals surface area contributed by atoms with Gasteiger partial charge in [0, 0.05) is 18.8 Å². The fourth-order valence-electron chi connectivity index (χ4n) is 2.81. The predicted octanol–water partition coefficient (Wildman–Crippen LogP) is 4.80. The van der Waals surface area contributed by atoms with Crippen LogP contribution in [0.2, 0.25) is 0 Å². The Morgan fingerprint density at radius 2 is 1.50 bits per heavy atom. The Balaban J connectivity index is 2.65. The summed E-state index contributed by atoms with van der Waals surface area (Å²) >= 11 is 0. The van der Waals surface area contributed by atoms with Crippen molar-refractivity contribution >= 4 is 11.4 Å². The smallest absolute Gasteiger partial charge is 0.133 e. The van der Waals surface area contributed by atoms with Gasteiger partial charge < -0.3 is 4.90 Å². The van der Waals surface area contributed by atoms with Crippen molar-refractivity contribution in [2.45, 2.75) is 72.1 Å². The fourth-order valence-corrected chi connectivity index (χ4v) is 2.81. The number of hydrogen-bond donors (Lipinski definition) is 1. The van der Waals surface area contributed by atoms with Crippen LogP contribution >= 0.6 is 0 Å². The van der Waals surface area contributed by atoms with E-state index in [1.807, 2.05) is 6.07 Å². The number of benzene rings is 1. The van der Waals surface area contributed by atoms with Crippen LogP contribution in [0.4, 0.5) is 11.4 Å². The van der Waals surface area contributed by atoms with Crippen LogP contribution in [0.1, 0.15) is 70.8 Å². The quantitative estimate of drug-likeness (QED) is 0.437. The molecule has 0 aliphatic heterocycles. The number of unbranched alkanes of at least 4 members (excludes halogenated alkanes) is 6. The monoisotopic (exact) mass is 304 g/mol. The van der Waals surface area contributed by atoms with Gasteiger partial charge in [0.05, 0.1) is 0 Å². The van der Waals surface area contributed by atoms with Crippen LogP contribution in [0.5, 0.6) is 0 Å². The van der Waals surface area contributed by atoms with E-state index in [4.69, 9.17) is 5.53 Å². The zero-order valence-electron chi connectivity index (χ0n) is 14.8. The number of anilines is 1. The maximum absolute atomic E-state index is 5.42. The summed E-state index contributed by atoms with van der Waals surface area (Å²) in [5.74, 6) is 0. The highest BCUT2D eigenvalue weighted by Gasteiger charge is 2.08. The van der Waals surface area contributed by atoms with Gasteiger partial charge in [-0.05, 0) is 48.6 Å². The van der Waals surface area contributed by atoms with Crippen molar-refractivity contribution in [2.75, 3.05) is 18.0 Å². The topological polar surface area (TPSA) is 41.2 Å². The molecule has 0 saturated carbocycles. The number of nitrogens with two attached hydrogens (primary N) is 1. The van der Waals surface area contributed by atoms with E-state index >= 15 is 0 Å². The van der Waals surface area contributed by atoms with E-state index < -0.39 is 0 Å². The van der Waals surface area contributed by atoms with E-state index in [1.165, 1.54) is 57.1 Å². The average molecular weight is 305 g/mol. The van der Waals surface area contributed by atoms with Crippen molar-refractivity contribution in [3.63, 3.8) is 0 Å². The van der Waals surface area contributed by atoms with Gasteiger partial charge in [-0.1, -0.05) is 52.4 Å². The minimum absolute atomic E-state index is 0.890. The van der Waals surface area contributed by atoms with E-state index in [1.54, 1.807) is 0 Å². The van der Waals surface area contributed by atoms with Gasteiger partial charge in [0.15, 0.2) is 0 Å². The summed E-state index contributed by atoms with van der Waals surface area (Å²) in [7, 11) is 0. The molecular weight excluding hydrogens is 270 g/mol. The molecule has 22 heavy (non-hydrogen) atoms. The molecule has 124 valence electrons. The molecule has 3 nitrogen and oxygen atoms in total. The number of aryl methyl sites for hydroxylation is 1. The summed E-state index contributed by atoms with van der Waals surface area (Å²) in [6.07, 6.45) is 10.5. The SMILES string of the molecule is CCCCCCN(CCCCCC)c1ccc(N=[NH2+])c(C)c1. The third-order valence-electron chi connectivity index (χ3n) is 4.25. The third kappa shape index (κ3) is 6.59. The Hall–Kier alpha value is -1.38. The van der Waals surface area contributed by atoms with E-state index in [-0.39, 0.29) is 0 Å². The molecular formula is C19H34N3+. The summed E-state index contributed by atoms with van der Waals surface area (Å²) in [5, 5.41) is 3.83. The van der Waals surface area contributed by atoms with Crippen LogP contribution in [-0.2, 0) is 0 Å². The Kier molecular flexibility index (Phi) is 9.52. The first-order valence-electron chi connectivity index (χ1n) is 8.99. The molecule has 0 saturated heterocycles. The zero-order chi connectivity index (χ0) is 16.2. The van der Waals surface area contributed by atoms with Crippen molar-refractivity contribution < 1.29 is 5.53 Å². The highest BCUT2D eigenvalue weighted by atomic mass is 15.1. The molecule has 0 aliphatic rings. The van der Waals surface area contributed by atoms with Crippen molar-refractivity contribution in [2.24, 2.45) is 5.11 Å². The van der Waals surface area contributed by atoms with Crippen LogP contribution in [0.15, 0.2) is 23.3 Å². The minimum atomic E-state index is 0.890. The van der Waals surface area contributed by atoms with E-state index in [9.17, 15) is 0 Å². The fraction of sp³-hybridized carbons (Fsp3) is 0.684. The molecule has 0 heterocycles. The zero-order valence-corrected chi connectivity index (χ0v) is 14.8. The Morgan fingerprint density at radius 1 is 0.909 bits per heavy atom. The van der Waals surface area contributed by atoms with E-state index in [0.717, 1.165) is 24.3 Å². The molecule has 0 radical (unpaired) electrons. The van der Waals surface area contributed by atoms with Crippen LogP contribution in [0, 0.1) is 6.92 Å². The summed E-state index contributed by atoms with van der Waals surface area (Å²) in [6.45, 7) is 8.93. The van der Waals surface area contributed by atoms with Crippen molar-refractivity contribution in [3.8, 4) is 0 Å². The molecule has 0 unspecified atom stereocenters. The summed E-state index contributed by atoms with van der Waals surface area (Å²) in [4.78, 5) is 2.54. The van der Waals surface area contributed by atoms with Crippen LogP contribution in [0.3, 0.4) is 0 Å².